The number of pyridine rings is 1. The molecule has 3 aromatic rings. The Kier molecular flexibility index (Phi) is 6.60. The van der Waals surface area contributed by atoms with Crippen LogP contribution >= 0.6 is 0 Å². The highest BCUT2D eigenvalue weighted by atomic mass is 16.5. The third-order valence-corrected chi connectivity index (χ3v) is 6.35. The normalized spacial score (nSPS) is 16.2. The summed E-state index contributed by atoms with van der Waals surface area (Å²) < 4.78 is 6.36. The lowest BCUT2D eigenvalue weighted by molar-refractivity contribution is -0.143. The average molecular weight is 456 g/mol. The van der Waals surface area contributed by atoms with Crippen molar-refractivity contribution < 1.29 is 14.3 Å². The van der Waals surface area contributed by atoms with Crippen molar-refractivity contribution in [3.63, 3.8) is 0 Å². The summed E-state index contributed by atoms with van der Waals surface area (Å²) in [6.45, 7) is 2.37. The number of nitrogens with zero attached hydrogens (tertiary/aromatic N) is 3. The van der Waals surface area contributed by atoms with Gasteiger partial charge in [0.25, 0.3) is 5.56 Å². The number of nitriles is 1. The van der Waals surface area contributed by atoms with Crippen LogP contribution in [0.25, 0.3) is 11.1 Å². The van der Waals surface area contributed by atoms with E-state index in [-0.39, 0.29) is 17.9 Å². The molecule has 0 aliphatic carbocycles. The summed E-state index contributed by atoms with van der Waals surface area (Å²) in [5.74, 6) is -0.663. The van der Waals surface area contributed by atoms with Gasteiger partial charge in [-0.15, -0.1) is 0 Å². The number of ether oxygens (including phenoxy) is 1. The van der Waals surface area contributed by atoms with Crippen LogP contribution in [0.15, 0.2) is 71.7 Å². The van der Waals surface area contributed by atoms with Crippen molar-refractivity contribution in [3.05, 3.63) is 93.9 Å². The minimum Gasteiger partial charge on any atom is -0.469 e. The zero-order valence-electron chi connectivity index (χ0n) is 19.1. The number of likely N-dealkylation sites (tertiary alicyclic amines) is 1. The van der Waals surface area contributed by atoms with Crippen molar-refractivity contribution in [2.75, 3.05) is 13.7 Å². The van der Waals surface area contributed by atoms with Gasteiger partial charge in [0.1, 0.15) is 6.04 Å². The van der Waals surface area contributed by atoms with Gasteiger partial charge in [0, 0.05) is 24.4 Å². The predicted molar refractivity (Wildman–Crippen MR) is 127 cm³/mol. The summed E-state index contributed by atoms with van der Waals surface area (Å²) in [5, 5.41) is 9.70. The Balaban J connectivity index is 1.76. The number of methoxy groups -OCH3 is 1. The molecule has 2 heterocycles. The highest BCUT2D eigenvalue weighted by molar-refractivity contribution is 5.84. The number of hydrogen-bond acceptors (Lipinski definition) is 5. The van der Waals surface area contributed by atoms with Crippen LogP contribution in [0, 0.1) is 18.3 Å². The van der Waals surface area contributed by atoms with E-state index in [4.69, 9.17) is 4.74 Å². The quantitative estimate of drug-likeness (QED) is 0.528. The molecule has 4 rings (SSSR count). The SMILES string of the molecule is COC(=O)CC(c1ccc(C#N)c(-c2ccccc2C)c1)N1CCC(n2ccccc2=O)C1=O. The largest absolute Gasteiger partial charge is 0.469 e. The number of rotatable bonds is 6. The molecule has 34 heavy (non-hydrogen) atoms. The van der Waals surface area contributed by atoms with Crippen LogP contribution < -0.4 is 5.56 Å². The van der Waals surface area contributed by atoms with Gasteiger partial charge in [-0.1, -0.05) is 36.4 Å². The molecular formula is C27H25N3O4. The first-order valence-electron chi connectivity index (χ1n) is 11.1. The topological polar surface area (TPSA) is 92.4 Å². The number of aromatic nitrogens is 1. The van der Waals surface area contributed by atoms with Gasteiger partial charge in [0.2, 0.25) is 5.91 Å². The number of amides is 1. The molecular weight excluding hydrogens is 430 g/mol. The van der Waals surface area contributed by atoms with Crippen molar-refractivity contribution in [2.24, 2.45) is 0 Å². The molecule has 0 radical (unpaired) electrons. The number of carbonyl (C=O) groups excluding carboxylic acids is 2. The van der Waals surface area contributed by atoms with Crippen LogP contribution in [-0.2, 0) is 14.3 Å². The third-order valence-electron chi connectivity index (χ3n) is 6.35. The molecule has 2 aromatic carbocycles. The Morgan fingerprint density at radius 2 is 1.88 bits per heavy atom. The Labute approximate surface area is 197 Å². The van der Waals surface area contributed by atoms with E-state index >= 15 is 0 Å². The van der Waals surface area contributed by atoms with E-state index in [2.05, 4.69) is 6.07 Å². The van der Waals surface area contributed by atoms with Gasteiger partial charge in [0.15, 0.2) is 0 Å². The monoisotopic (exact) mass is 455 g/mol. The van der Waals surface area contributed by atoms with Crippen molar-refractivity contribution in [3.8, 4) is 17.2 Å². The predicted octanol–water partition coefficient (Wildman–Crippen LogP) is 3.77. The smallest absolute Gasteiger partial charge is 0.307 e. The fourth-order valence-electron chi connectivity index (χ4n) is 4.57. The summed E-state index contributed by atoms with van der Waals surface area (Å²) in [4.78, 5) is 39.7. The van der Waals surface area contributed by atoms with Crippen LogP contribution in [0.3, 0.4) is 0 Å². The summed E-state index contributed by atoms with van der Waals surface area (Å²) >= 11 is 0. The summed E-state index contributed by atoms with van der Waals surface area (Å²) in [6, 6.07) is 19.0. The van der Waals surface area contributed by atoms with Gasteiger partial charge in [-0.05, 0) is 48.2 Å². The second-order valence-corrected chi connectivity index (χ2v) is 8.31. The van der Waals surface area contributed by atoms with Gasteiger partial charge < -0.3 is 14.2 Å². The molecule has 2 atom stereocenters. The third kappa shape index (κ3) is 4.35. The molecule has 1 amide bonds. The van der Waals surface area contributed by atoms with E-state index in [1.807, 2.05) is 37.3 Å². The lowest BCUT2D eigenvalue weighted by Gasteiger charge is -2.28. The van der Waals surface area contributed by atoms with E-state index in [9.17, 15) is 19.6 Å². The molecule has 7 nitrogen and oxygen atoms in total. The van der Waals surface area contributed by atoms with Gasteiger partial charge in [-0.2, -0.15) is 5.26 Å². The highest BCUT2D eigenvalue weighted by Crippen LogP contribution is 2.36. The first kappa shape index (κ1) is 23.0. The molecule has 1 aliphatic heterocycles. The van der Waals surface area contributed by atoms with Crippen LogP contribution in [0.4, 0.5) is 0 Å². The molecule has 1 saturated heterocycles. The second-order valence-electron chi connectivity index (χ2n) is 8.31. The zero-order valence-corrected chi connectivity index (χ0v) is 19.1. The molecule has 172 valence electrons. The molecule has 0 spiro atoms. The van der Waals surface area contributed by atoms with Crippen LogP contribution in [0.5, 0.6) is 0 Å². The summed E-state index contributed by atoms with van der Waals surface area (Å²) in [5.41, 5.74) is 3.68. The molecule has 0 bridgehead atoms. The van der Waals surface area contributed by atoms with E-state index in [0.717, 1.165) is 22.3 Å². The lowest BCUT2D eigenvalue weighted by Crippen LogP contribution is -2.35. The van der Waals surface area contributed by atoms with Gasteiger partial charge in [-0.25, -0.2) is 0 Å². The number of esters is 1. The second kappa shape index (κ2) is 9.75. The van der Waals surface area contributed by atoms with Gasteiger partial charge in [0.05, 0.1) is 31.2 Å². The van der Waals surface area contributed by atoms with Crippen LogP contribution in [0.2, 0.25) is 0 Å². The lowest BCUT2D eigenvalue weighted by atomic mass is 9.91. The van der Waals surface area contributed by atoms with E-state index in [1.54, 1.807) is 35.4 Å². The Hall–Kier alpha value is -4.18. The van der Waals surface area contributed by atoms with Gasteiger partial charge in [-0.3, -0.25) is 14.4 Å². The molecule has 2 unspecified atom stereocenters. The molecule has 1 fully saturated rings. The van der Waals surface area contributed by atoms with Crippen molar-refractivity contribution in [1.29, 1.82) is 5.26 Å². The van der Waals surface area contributed by atoms with Gasteiger partial charge >= 0.3 is 5.97 Å². The zero-order chi connectivity index (χ0) is 24.2. The fourth-order valence-corrected chi connectivity index (χ4v) is 4.57. The van der Waals surface area contributed by atoms with Crippen LogP contribution in [-0.4, -0.2) is 35.0 Å². The summed E-state index contributed by atoms with van der Waals surface area (Å²) in [7, 11) is 1.31. The first-order valence-corrected chi connectivity index (χ1v) is 11.1. The minimum absolute atomic E-state index is 0.0300. The molecule has 0 saturated carbocycles. The number of carbonyl (C=O) groups is 2. The van der Waals surface area contributed by atoms with Crippen molar-refractivity contribution in [1.82, 2.24) is 9.47 Å². The fraction of sp³-hybridized carbons (Fsp3) is 0.259. The Bertz CT molecular complexity index is 1340. The number of benzene rings is 2. The van der Waals surface area contributed by atoms with Crippen molar-refractivity contribution in [2.45, 2.75) is 31.8 Å². The van der Waals surface area contributed by atoms with Crippen molar-refractivity contribution >= 4 is 11.9 Å². The number of hydrogen-bond donors (Lipinski definition) is 0. The van der Waals surface area contributed by atoms with Crippen LogP contribution in [0.1, 0.15) is 41.6 Å². The maximum absolute atomic E-state index is 13.4. The average Bonchev–Trinajstić information content (AvgIpc) is 3.23. The molecule has 7 heteroatoms. The highest BCUT2D eigenvalue weighted by Gasteiger charge is 2.39. The first-order chi connectivity index (χ1) is 16.4. The molecule has 1 aliphatic rings. The Morgan fingerprint density at radius 1 is 1.12 bits per heavy atom. The molecule has 0 N–H and O–H groups in total. The van der Waals surface area contributed by atoms with E-state index < -0.39 is 18.1 Å². The minimum atomic E-state index is -0.622. The number of aryl methyl sites for hydroxylation is 1. The standard InChI is InChI=1S/C27H25N3O4/c1-18-7-3-4-8-21(18)22-15-19(10-11-20(22)17-28)24(16-26(32)34-2)30-14-12-23(27(30)33)29-13-6-5-9-25(29)31/h3-11,13,15,23-24H,12,14,16H2,1-2H3. The maximum atomic E-state index is 13.4. The molecule has 1 aromatic heterocycles. The maximum Gasteiger partial charge on any atom is 0.307 e. The summed E-state index contributed by atoms with van der Waals surface area (Å²) in [6.07, 6.45) is 2.04. The van der Waals surface area contributed by atoms with E-state index in [1.165, 1.54) is 17.7 Å². The Morgan fingerprint density at radius 3 is 2.59 bits per heavy atom. The van der Waals surface area contributed by atoms with E-state index in [0.29, 0.717) is 18.5 Å².